The molecule has 1 aromatic carbocycles. The van der Waals surface area contributed by atoms with Gasteiger partial charge in [-0.25, -0.2) is 0 Å². The molecule has 0 aliphatic heterocycles. The molecule has 1 amide bonds. The molecule has 1 heterocycles. The van der Waals surface area contributed by atoms with Crippen LogP contribution in [0.1, 0.15) is 21.3 Å². The quantitative estimate of drug-likeness (QED) is 0.908. The standard InChI is InChI=1S/C13H13BrN2OS/c14-12-7-6-11(18-12)13(17)16-8-10(15)9-4-2-1-3-5-9/h1-7,10H,8,15H2,(H,16,17). The molecule has 0 spiro atoms. The van der Waals surface area contributed by atoms with E-state index in [1.807, 2.05) is 36.4 Å². The van der Waals surface area contributed by atoms with Crippen molar-refractivity contribution in [1.82, 2.24) is 5.32 Å². The van der Waals surface area contributed by atoms with E-state index in [0.717, 1.165) is 9.35 Å². The Labute approximate surface area is 118 Å². The Kier molecular flexibility index (Phi) is 4.52. The molecule has 0 aliphatic rings. The van der Waals surface area contributed by atoms with Crippen molar-refractivity contribution in [2.75, 3.05) is 6.54 Å². The van der Waals surface area contributed by atoms with Gasteiger partial charge in [-0.2, -0.15) is 0 Å². The first-order chi connectivity index (χ1) is 8.66. The van der Waals surface area contributed by atoms with Gasteiger partial charge in [-0.1, -0.05) is 30.3 Å². The summed E-state index contributed by atoms with van der Waals surface area (Å²) in [5, 5.41) is 2.84. The van der Waals surface area contributed by atoms with Gasteiger partial charge in [0, 0.05) is 12.6 Å². The van der Waals surface area contributed by atoms with Crippen molar-refractivity contribution in [2.45, 2.75) is 6.04 Å². The number of nitrogens with two attached hydrogens (primary N) is 1. The number of benzene rings is 1. The first kappa shape index (κ1) is 13.3. The van der Waals surface area contributed by atoms with Gasteiger partial charge in [0.05, 0.1) is 8.66 Å². The fraction of sp³-hybridized carbons (Fsp3) is 0.154. The topological polar surface area (TPSA) is 55.1 Å². The maximum atomic E-state index is 11.8. The van der Waals surface area contributed by atoms with Gasteiger partial charge in [-0.3, -0.25) is 4.79 Å². The zero-order chi connectivity index (χ0) is 13.0. The maximum absolute atomic E-state index is 11.8. The Balaban J connectivity index is 1.90. The lowest BCUT2D eigenvalue weighted by Crippen LogP contribution is -2.31. The highest BCUT2D eigenvalue weighted by molar-refractivity contribution is 9.11. The molecule has 0 radical (unpaired) electrons. The van der Waals surface area contributed by atoms with Gasteiger partial charge in [0.1, 0.15) is 0 Å². The molecule has 2 rings (SSSR count). The summed E-state index contributed by atoms with van der Waals surface area (Å²) in [6, 6.07) is 13.2. The zero-order valence-electron chi connectivity index (χ0n) is 9.60. The molecule has 94 valence electrons. The third-order valence-electron chi connectivity index (χ3n) is 2.51. The van der Waals surface area contributed by atoms with E-state index in [1.54, 1.807) is 6.07 Å². The summed E-state index contributed by atoms with van der Waals surface area (Å²) < 4.78 is 0.944. The summed E-state index contributed by atoms with van der Waals surface area (Å²) in [5.74, 6) is -0.0860. The van der Waals surface area contributed by atoms with E-state index in [9.17, 15) is 4.79 Å². The lowest BCUT2D eigenvalue weighted by molar-refractivity contribution is 0.0955. The van der Waals surface area contributed by atoms with Crippen molar-refractivity contribution in [3.63, 3.8) is 0 Å². The van der Waals surface area contributed by atoms with Crippen LogP contribution in [0.5, 0.6) is 0 Å². The Morgan fingerprint density at radius 2 is 2.00 bits per heavy atom. The average molecular weight is 325 g/mol. The molecule has 0 saturated heterocycles. The van der Waals surface area contributed by atoms with Crippen LogP contribution in [0.15, 0.2) is 46.3 Å². The smallest absolute Gasteiger partial charge is 0.261 e. The van der Waals surface area contributed by atoms with Crippen LogP contribution in [-0.2, 0) is 0 Å². The number of amides is 1. The predicted molar refractivity (Wildman–Crippen MR) is 77.7 cm³/mol. The monoisotopic (exact) mass is 324 g/mol. The summed E-state index contributed by atoms with van der Waals surface area (Å²) in [6.45, 7) is 0.429. The van der Waals surface area contributed by atoms with Crippen LogP contribution in [0, 0.1) is 0 Å². The SMILES string of the molecule is NC(CNC(=O)c1ccc(Br)s1)c1ccccc1. The number of hydrogen-bond acceptors (Lipinski definition) is 3. The summed E-state index contributed by atoms with van der Waals surface area (Å²) >= 11 is 4.74. The van der Waals surface area contributed by atoms with Crippen LogP contribution in [0.4, 0.5) is 0 Å². The van der Waals surface area contributed by atoms with Gasteiger partial charge >= 0.3 is 0 Å². The van der Waals surface area contributed by atoms with Crippen molar-refractivity contribution in [3.8, 4) is 0 Å². The van der Waals surface area contributed by atoms with Gasteiger partial charge in [0.2, 0.25) is 0 Å². The molecule has 0 aliphatic carbocycles. The lowest BCUT2D eigenvalue weighted by Gasteiger charge is -2.12. The maximum Gasteiger partial charge on any atom is 0.261 e. The molecule has 18 heavy (non-hydrogen) atoms. The Morgan fingerprint density at radius 3 is 2.61 bits per heavy atom. The fourth-order valence-electron chi connectivity index (χ4n) is 1.54. The van der Waals surface area contributed by atoms with Gasteiger partial charge in [-0.15, -0.1) is 11.3 Å². The first-order valence-corrected chi connectivity index (χ1v) is 7.12. The molecule has 1 aromatic heterocycles. The molecule has 0 bridgehead atoms. The van der Waals surface area contributed by atoms with Crippen LogP contribution >= 0.6 is 27.3 Å². The average Bonchev–Trinajstić information content (AvgIpc) is 2.83. The number of rotatable bonds is 4. The minimum Gasteiger partial charge on any atom is -0.349 e. The Morgan fingerprint density at radius 1 is 1.28 bits per heavy atom. The molecule has 0 saturated carbocycles. The minimum atomic E-state index is -0.182. The molecule has 3 nitrogen and oxygen atoms in total. The van der Waals surface area contributed by atoms with Gasteiger partial charge in [0.15, 0.2) is 0 Å². The molecule has 0 fully saturated rings. The van der Waals surface area contributed by atoms with Crippen LogP contribution < -0.4 is 11.1 Å². The summed E-state index contributed by atoms with van der Waals surface area (Å²) in [5.41, 5.74) is 7.02. The summed E-state index contributed by atoms with van der Waals surface area (Å²) in [4.78, 5) is 12.5. The minimum absolute atomic E-state index is 0.0860. The Hall–Kier alpha value is -1.17. The normalized spacial score (nSPS) is 12.1. The molecule has 2 aromatic rings. The van der Waals surface area contributed by atoms with E-state index in [0.29, 0.717) is 11.4 Å². The van der Waals surface area contributed by atoms with Crippen LogP contribution in [0.2, 0.25) is 0 Å². The highest BCUT2D eigenvalue weighted by Crippen LogP contribution is 2.21. The highest BCUT2D eigenvalue weighted by Gasteiger charge is 2.11. The van der Waals surface area contributed by atoms with Crippen molar-refractivity contribution >= 4 is 33.2 Å². The zero-order valence-corrected chi connectivity index (χ0v) is 12.0. The molecule has 5 heteroatoms. The van der Waals surface area contributed by atoms with E-state index >= 15 is 0 Å². The first-order valence-electron chi connectivity index (χ1n) is 5.51. The number of thiophene rings is 1. The van der Waals surface area contributed by atoms with E-state index in [-0.39, 0.29) is 11.9 Å². The number of hydrogen-bond donors (Lipinski definition) is 2. The molecular weight excluding hydrogens is 312 g/mol. The number of carbonyl (C=O) groups is 1. The second kappa shape index (κ2) is 6.13. The number of carbonyl (C=O) groups excluding carboxylic acids is 1. The van der Waals surface area contributed by atoms with Crippen molar-refractivity contribution in [2.24, 2.45) is 5.73 Å². The third kappa shape index (κ3) is 3.41. The number of nitrogens with one attached hydrogen (secondary N) is 1. The van der Waals surface area contributed by atoms with Crippen LogP contribution in [0.3, 0.4) is 0 Å². The predicted octanol–water partition coefficient (Wildman–Crippen LogP) is 2.94. The van der Waals surface area contributed by atoms with E-state index in [2.05, 4.69) is 21.2 Å². The van der Waals surface area contributed by atoms with Crippen molar-refractivity contribution < 1.29 is 4.79 Å². The second-order valence-corrected chi connectivity index (χ2v) is 6.29. The van der Waals surface area contributed by atoms with Gasteiger partial charge < -0.3 is 11.1 Å². The van der Waals surface area contributed by atoms with Crippen molar-refractivity contribution in [1.29, 1.82) is 0 Å². The summed E-state index contributed by atoms with van der Waals surface area (Å²) in [6.07, 6.45) is 0. The van der Waals surface area contributed by atoms with Crippen LogP contribution in [-0.4, -0.2) is 12.5 Å². The third-order valence-corrected chi connectivity index (χ3v) is 4.13. The highest BCUT2D eigenvalue weighted by atomic mass is 79.9. The molecular formula is C13H13BrN2OS. The number of halogens is 1. The van der Waals surface area contributed by atoms with E-state index < -0.39 is 0 Å². The largest absolute Gasteiger partial charge is 0.349 e. The summed E-state index contributed by atoms with van der Waals surface area (Å²) in [7, 11) is 0. The van der Waals surface area contributed by atoms with E-state index in [4.69, 9.17) is 5.73 Å². The van der Waals surface area contributed by atoms with Crippen LogP contribution in [0.25, 0.3) is 0 Å². The van der Waals surface area contributed by atoms with Gasteiger partial charge in [-0.05, 0) is 33.6 Å². The molecule has 1 unspecified atom stereocenters. The molecule has 3 N–H and O–H groups in total. The van der Waals surface area contributed by atoms with E-state index in [1.165, 1.54) is 11.3 Å². The lowest BCUT2D eigenvalue weighted by atomic mass is 10.1. The second-order valence-electron chi connectivity index (χ2n) is 3.83. The van der Waals surface area contributed by atoms with Gasteiger partial charge in [0.25, 0.3) is 5.91 Å². The van der Waals surface area contributed by atoms with Crippen molar-refractivity contribution in [3.05, 3.63) is 56.7 Å². The fourth-order valence-corrected chi connectivity index (χ4v) is 2.85. The Bertz CT molecular complexity index is 527. The molecule has 1 atom stereocenters.